The van der Waals surface area contributed by atoms with Crippen LogP contribution in [0.3, 0.4) is 0 Å². The summed E-state index contributed by atoms with van der Waals surface area (Å²) in [6.07, 6.45) is 0. The van der Waals surface area contributed by atoms with E-state index in [1.807, 2.05) is 6.92 Å². The van der Waals surface area contributed by atoms with Crippen molar-refractivity contribution in [3.8, 4) is 0 Å². The van der Waals surface area contributed by atoms with Gasteiger partial charge in [-0.05, 0) is 24.8 Å². The van der Waals surface area contributed by atoms with Gasteiger partial charge in [0, 0.05) is 19.6 Å². The quantitative estimate of drug-likeness (QED) is 0.772. The van der Waals surface area contributed by atoms with Gasteiger partial charge >= 0.3 is 0 Å². The van der Waals surface area contributed by atoms with Crippen LogP contribution in [0.25, 0.3) is 0 Å². The molecule has 1 aromatic heterocycles. The van der Waals surface area contributed by atoms with Crippen LogP contribution in [0.5, 0.6) is 0 Å². The first-order valence-corrected chi connectivity index (χ1v) is 7.95. The highest BCUT2D eigenvalue weighted by atomic mass is 35.5. The summed E-state index contributed by atoms with van der Waals surface area (Å²) in [5.74, 6) is 2.61. The SMILES string of the molecule is CCNc1nc(N(CC(C)C)CC(C)C)c(Cl)cc1Cl. The molecular weight excluding hydrogens is 293 g/mol. The maximum absolute atomic E-state index is 6.35. The second-order valence-corrected chi connectivity index (χ2v) is 6.66. The molecule has 0 unspecified atom stereocenters. The Hall–Kier alpha value is -0.670. The van der Waals surface area contributed by atoms with E-state index in [2.05, 4.69) is 42.9 Å². The van der Waals surface area contributed by atoms with E-state index in [1.54, 1.807) is 6.07 Å². The molecule has 3 nitrogen and oxygen atoms in total. The van der Waals surface area contributed by atoms with Crippen LogP contribution in [-0.2, 0) is 0 Å². The van der Waals surface area contributed by atoms with Crippen molar-refractivity contribution >= 4 is 34.8 Å². The number of anilines is 2. The van der Waals surface area contributed by atoms with Gasteiger partial charge in [0.25, 0.3) is 0 Å². The molecule has 0 fully saturated rings. The molecule has 1 N–H and O–H groups in total. The van der Waals surface area contributed by atoms with Crippen molar-refractivity contribution < 1.29 is 0 Å². The van der Waals surface area contributed by atoms with Gasteiger partial charge in [0.05, 0.1) is 10.0 Å². The van der Waals surface area contributed by atoms with Crippen molar-refractivity contribution in [2.24, 2.45) is 11.8 Å². The smallest absolute Gasteiger partial charge is 0.149 e. The fourth-order valence-electron chi connectivity index (χ4n) is 2.10. The maximum atomic E-state index is 6.35. The minimum Gasteiger partial charge on any atom is -0.369 e. The monoisotopic (exact) mass is 317 g/mol. The van der Waals surface area contributed by atoms with E-state index in [4.69, 9.17) is 23.2 Å². The van der Waals surface area contributed by atoms with Gasteiger partial charge in [-0.25, -0.2) is 4.98 Å². The van der Waals surface area contributed by atoms with E-state index in [9.17, 15) is 0 Å². The number of hydrogen-bond acceptors (Lipinski definition) is 3. The summed E-state index contributed by atoms with van der Waals surface area (Å²) in [7, 11) is 0. The largest absolute Gasteiger partial charge is 0.369 e. The Labute approximate surface area is 132 Å². The average Bonchev–Trinajstić information content (AvgIpc) is 2.30. The molecule has 114 valence electrons. The van der Waals surface area contributed by atoms with Crippen LogP contribution < -0.4 is 10.2 Å². The van der Waals surface area contributed by atoms with E-state index in [0.717, 1.165) is 25.5 Å². The summed E-state index contributed by atoms with van der Waals surface area (Å²) in [6, 6.07) is 1.77. The van der Waals surface area contributed by atoms with Crippen LogP contribution >= 0.6 is 23.2 Å². The predicted molar refractivity (Wildman–Crippen MR) is 90.3 cm³/mol. The van der Waals surface area contributed by atoms with Gasteiger partial charge in [-0.3, -0.25) is 0 Å². The van der Waals surface area contributed by atoms with Crippen LogP contribution in [-0.4, -0.2) is 24.6 Å². The molecule has 0 amide bonds. The topological polar surface area (TPSA) is 28.2 Å². The molecule has 5 heteroatoms. The molecule has 0 aliphatic rings. The summed E-state index contributed by atoms with van der Waals surface area (Å²) in [4.78, 5) is 6.86. The molecule has 0 aromatic carbocycles. The first-order chi connectivity index (χ1) is 9.35. The minimum absolute atomic E-state index is 0.546. The van der Waals surface area contributed by atoms with Crippen molar-refractivity contribution in [3.63, 3.8) is 0 Å². The van der Waals surface area contributed by atoms with E-state index in [0.29, 0.717) is 27.7 Å². The van der Waals surface area contributed by atoms with Gasteiger partial charge in [0.1, 0.15) is 11.6 Å². The lowest BCUT2D eigenvalue weighted by Gasteiger charge is -2.28. The zero-order chi connectivity index (χ0) is 15.3. The summed E-state index contributed by atoms with van der Waals surface area (Å²) in [5, 5.41) is 4.35. The highest BCUT2D eigenvalue weighted by Gasteiger charge is 2.17. The Morgan fingerprint density at radius 2 is 1.65 bits per heavy atom. The zero-order valence-electron chi connectivity index (χ0n) is 13.0. The average molecular weight is 318 g/mol. The Kier molecular flexibility index (Phi) is 6.90. The third kappa shape index (κ3) is 5.02. The van der Waals surface area contributed by atoms with Crippen molar-refractivity contribution in [1.29, 1.82) is 0 Å². The van der Waals surface area contributed by atoms with E-state index in [-0.39, 0.29) is 0 Å². The summed E-state index contributed by atoms with van der Waals surface area (Å²) >= 11 is 12.5. The number of hydrogen-bond donors (Lipinski definition) is 1. The van der Waals surface area contributed by atoms with Crippen LogP contribution in [0.1, 0.15) is 34.6 Å². The lowest BCUT2D eigenvalue weighted by molar-refractivity contribution is 0.549. The van der Waals surface area contributed by atoms with Gasteiger partial charge in [-0.1, -0.05) is 50.9 Å². The molecule has 0 bridgehead atoms. The van der Waals surface area contributed by atoms with Crippen molar-refractivity contribution in [2.45, 2.75) is 34.6 Å². The van der Waals surface area contributed by atoms with Crippen molar-refractivity contribution in [3.05, 3.63) is 16.1 Å². The van der Waals surface area contributed by atoms with Gasteiger partial charge in [0.15, 0.2) is 0 Å². The molecule has 1 aromatic rings. The third-order valence-electron chi connectivity index (χ3n) is 2.73. The fraction of sp³-hybridized carbons (Fsp3) is 0.667. The number of pyridine rings is 1. The molecule has 0 radical (unpaired) electrons. The second-order valence-electron chi connectivity index (χ2n) is 5.85. The molecular formula is C15H25Cl2N3. The lowest BCUT2D eigenvalue weighted by atomic mass is 10.1. The van der Waals surface area contributed by atoms with E-state index < -0.39 is 0 Å². The Morgan fingerprint density at radius 1 is 1.10 bits per heavy atom. The Morgan fingerprint density at radius 3 is 2.10 bits per heavy atom. The highest BCUT2D eigenvalue weighted by Crippen LogP contribution is 2.32. The Balaban J connectivity index is 3.13. The number of aromatic nitrogens is 1. The van der Waals surface area contributed by atoms with Crippen molar-refractivity contribution in [1.82, 2.24) is 4.98 Å². The van der Waals surface area contributed by atoms with Gasteiger partial charge in [-0.2, -0.15) is 0 Å². The number of rotatable bonds is 7. The van der Waals surface area contributed by atoms with E-state index in [1.165, 1.54) is 0 Å². The molecule has 0 spiro atoms. The van der Waals surface area contributed by atoms with E-state index >= 15 is 0 Å². The standard InChI is InChI=1S/C15H25Cl2N3/c1-6-18-14-12(16)7-13(17)15(19-14)20(8-10(2)3)9-11(4)5/h7,10-11H,6,8-9H2,1-5H3,(H,18,19). The lowest BCUT2D eigenvalue weighted by Crippen LogP contribution is -2.32. The Bertz CT molecular complexity index is 423. The number of halogens is 2. The highest BCUT2D eigenvalue weighted by molar-refractivity contribution is 6.37. The van der Waals surface area contributed by atoms with Crippen LogP contribution in [0, 0.1) is 11.8 Å². The summed E-state index contributed by atoms with van der Waals surface area (Å²) in [6.45, 7) is 13.4. The van der Waals surface area contributed by atoms with Crippen LogP contribution in [0.15, 0.2) is 6.07 Å². The number of nitrogens with one attached hydrogen (secondary N) is 1. The summed E-state index contributed by atoms with van der Waals surface area (Å²) in [5.41, 5.74) is 0. The fourth-order valence-corrected chi connectivity index (χ4v) is 2.64. The normalized spacial score (nSPS) is 11.2. The summed E-state index contributed by atoms with van der Waals surface area (Å²) < 4.78 is 0. The molecule has 0 saturated heterocycles. The molecule has 20 heavy (non-hydrogen) atoms. The van der Waals surface area contributed by atoms with Crippen LogP contribution in [0.4, 0.5) is 11.6 Å². The second kappa shape index (κ2) is 7.94. The zero-order valence-corrected chi connectivity index (χ0v) is 14.5. The number of nitrogens with zero attached hydrogens (tertiary/aromatic N) is 2. The third-order valence-corrected chi connectivity index (χ3v) is 3.29. The van der Waals surface area contributed by atoms with Gasteiger partial charge in [0.2, 0.25) is 0 Å². The maximum Gasteiger partial charge on any atom is 0.149 e. The molecule has 1 heterocycles. The molecule has 0 aliphatic carbocycles. The molecule has 0 saturated carbocycles. The molecule has 1 rings (SSSR count). The van der Waals surface area contributed by atoms with Gasteiger partial charge < -0.3 is 10.2 Å². The van der Waals surface area contributed by atoms with Crippen molar-refractivity contribution in [2.75, 3.05) is 29.9 Å². The first kappa shape index (κ1) is 17.4. The molecule has 0 atom stereocenters. The van der Waals surface area contributed by atoms with Crippen LogP contribution in [0.2, 0.25) is 10.0 Å². The predicted octanol–water partition coefficient (Wildman–Crippen LogP) is 4.94. The van der Waals surface area contributed by atoms with Gasteiger partial charge in [-0.15, -0.1) is 0 Å². The molecule has 0 aliphatic heterocycles. The first-order valence-electron chi connectivity index (χ1n) is 7.20. The minimum atomic E-state index is 0.546.